The van der Waals surface area contributed by atoms with Crippen LogP contribution in [0.25, 0.3) is 0 Å². The maximum Gasteiger partial charge on any atom is 0.361 e. The standard InChI is InChI=1S/C62H97NO8/c1-6-8-10-12-14-15-16-17-18-19-20-21-22-23-24-25-26-27-28-29-30-31-32-33-34-35-36-37-38-39-40-41-42-43-44-45-47-49-51-53-60(65)71-58(56-69-59(64)52-50-48-46-13-11-9-7-2)57-70-62(61(66)67)68-55-54-63(3,4)5/h8,10,14-15,17-18,20-21,23-24,26-27,29-30,32-33,35-36,38-39,41-42,44-45,58,62H,6-7,9,11-13,16,19,22,25,28,31,34,37,40,43,46-57H2,1-5H3/p+1/b10-8-,15-14-,18-17-,21-20-,24-23-,27-26-,30-29-,33-32-,36-35-,39-38-,42-41-,45-44-. The average Bonchev–Trinajstić information content (AvgIpc) is 3.34. The van der Waals surface area contributed by atoms with Gasteiger partial charge in [0.25, 0.3) is 6.29 Å². The number of rotatable bonds is 47. The summed E-state index contributed by atoms with van der Waals surface area (Å²) in [6.07, 6.45) is 72.5. The maximum absolute atomic E-state index is 12.8. The molecule has 2 atom stereocenters. The number of allylic oxidation sites excluding steroid dienone is 24. The fourth-order valence-electron chi connectivity index (χ4n) is 6.46. The zero-order valence-corrected chi connectivity index (χ0v) is 45.1. The van der Waals surface area contributed by atoms with Crippen LogP contribution in [0.15, 0.2) is 146 Å². The molecule has 2 unspecified atom stereocenters. The van der Waals surface area contributed by atoms with Crippen LogP contribution in [-0.2, 0) is 33.3 Å². The summed E-state index contributed by atoms with van der Waals surface area (Å²) in [5, 5.41) is 9.62. The predicted octanol–water partition coefficient (Wildman–Crippen LogP) is 15.7. The molecule has 0 spiro atoms. The first kappa shape index (κ1) is 66.2. The van der Waals surface area contributed by atoms with E-state index in [9.17, 15) is 19.5 Å². The quantitative estimate of drug-likeness (QED) is 0.0211. The zero-order chi connectivity index (χ0) is 52.0. The van der Waals surface area contributed by atoms with Gasteiger partial charge in [0.1, 0.15) is 13.2 Å². The van der Waals surface area contributed by atoms with Crippen molar-refractivity contribution in [2.24, 2.45) is 0 Å². The van der Waals surface area contributed by atoms with E-state index in [-0.39, 0.29) is 38.6 Å². The topological polar surface area (TPSA) is 108 Å². The van der Waals surface area contributed by atoms with E-state index in [1.165, 1.54) is 19.3 Å². The number of carbonyl (C=O) groups is 3. The molecule has 0 saturated carbocycles. The minimum Gasteiger partial charge on any atom is -0.477 e. The fourth-order valence-corrected chi connectivity index (χ4v) is 6.46. The molecule has 0 heterocycles. The number of carboxylic acids is 1. The Labute approximate surface area is 432 Å². The molecule has 0 rings (SSSR count). The van der Waals surface area contributed by atoms with Crippen molar-refractivity contribution >= 4 is 17.9 Å². The Morgan fingerprint density at radius 1 is 0.437 bits per heavy atom. The minimum atomic E-state index is -1.53. The molecular formula is C62H98NO8+. The molecule has 9 nitrogen and oxygen atoms in total. The van der Waals surface area contributed by atoms with E-state index < -0.39 is 24.3 Å². The average molecular weight is 985 g/mol. The summed E-state index contributed by atoms with van der Waals surface area (Å²) in [7, 11) is 5.92. The molecule has 1 N–H and O–H groups in total. The number of unbranched alkanes of at least 4 members (excludes halogenated alkanes) is 8. The molecule has 0 bridgehead atoms. The number of hydrogen-bond donors (Lipinski definition) is 1. The molecule has 0 aromatic heterocycles. The van der Waals surface area contributed by atoms with E-state index in [1.54, 1.807) is 0 Å². The summed E-state index contributed by atoms with van der Waals surface area (Å²) in [5.41, 5.74) is 0. The smallest absolute Gasteiger partial charge is 0.361 e. The first-order chi connectivity index (χ1) is 34.6. The second kappa shape index (κ2) is 51.5. The summed E-state index contributed by atoms with van der Waals surface area (Å²) < 4.78 is 22.6. The molecule has 0 aromatic carbocycles. The molecule has 0 aromatic rings. The Balaban J connectivity index is 4.22. The second-order valence-electron chi connectivity index (χ2n) is 18.5. The van der Waals surface area contributed by atoms with Gasteiger partial charge in [-0.2, -0.15) is 0 Å². The zero-order valence-electron chi connectivity index (χ0n) is 45.1. The van der Waals surface area contributed by atoms with Gasteiger partial charge >= 0.3 is 17.9 Å². The molecule has 0 aliphatic rings. The third-order valence-electron chi connectivity index (χ3n) is 10.6. The van der Waals surface area contributed by atoms with Crippen LogP contribution in [0.4, 0.5) is 0 Å². The third kappa shape index (κ3) is 52.8. The summed E-state index contributed by atoms with van der Waals surface area (Å²) in [4.78, 5) is 37.0. The van der Waals surface area contributed by atoms with Gasteiger partial charge in [-0.3, -0.25) is 9.59 Å². The van der Waals surface area contributed by atoms with E-state index in [0.717, 1.165) is 116 Å². The second-order valence-corrected chi connectivity index (χ2v) is 18.5. The Morgan fingerprint density at radius 2 is 0.803 bits per heavy atom. The highest BCUT2D eigenvalue weighted by molar-refractivity contribution is 5.71. The highest BCUT2D eigenvalue weighted by Crippen LogP contribution is 2.11. The summed E-state index contributed by atoms with van der Waals surface area (Å²) in [6.45, 7) is 4.61. The first-order valence-electron chi connectivity index (χ1n) is 27.0. The molecule has 0 saturated heterocycles. The van der Waals surface area contributed by atoms with Gasteiger partial charge in [-0.25, -0.2) is 4.79 Å². The van der Waals surface area contributed by atoms with Crippen LogP contribution in [0, 0.1) is 0 Å². The van der Waals surface area contributed by atoms with Crippen molar-refractivity contribution in [3.8, 4) is 0 Å². The Hall–Kier alpha value is -4.83. The number of esters is 2. The molecule has 9 heteroatoms. The van der Waals surface area contributed by atoms with Crippen molar-refractivity contribution in [1.29, 1.82) is 0 Å². The van der Waals surface area contributed by atoms with Crippen molar-refractivity contribution in [3.63, 3.8) is 0 Å². The van der Waals surface area contributed by atoms with Gasteiger partial charge in [-0.15, -0.1) is 0 Å². The van der Waals surface area contributed by atoms with E-state index in [2.05, 4.69) is 160 Å². The largest absolute Gasteiger partial charge is 0.477 e. The lowest BCUT2D eigenvalue weighted by Crippen LogP contribution is -2.40. The van der Waals surface area contributed by atoms with Gasteiger partial charge in [0.05, 0.1) is 34.4 Å². The highest BCUT2D eigenvalue weighted by atomic mass is 16.7. The molecule has 398 valence electrons. The lowest BCUT2D eigenvalue weighted by Gasteiger charge is -2.25. The summed E-state index contributed by atoms with van der Waals surface area (Å²) in [6, 6.07) is 0. The van der Waals surface area contributed by atoms with E-state index in [1.807, 2.05) is 21.1 Å². The first-order valence-corrected chi connectivity index (χ1v) is 27.0. The van der Waals surface area contributed by atoms with Gasteiger partial charge in [0, 0.05) is 12.8 Å². The normalized spacial score (nSPS) is 14.0. The molecular weight excluding hydrogens is 887 g/mol. The van der Waals surface area contributed by atoms with Crippen LogP contribution in [0.5, 0.6) is 0 Å². The summed E-state index contributed by atoms with van der Waals surface area (Å²) >= 11 is 0. The van der Waals surface area contributed by atoms with Crippen LogP contribution < -0.4 is 0 Å². The Morgan fingerprint density at radius 3 is 1.20 bits per heavy atom. The number of carbonyl (C=O) groups excluding carboxylic acids is 2. The molecule has 0 aliphatic carbocycles. The monoisotopic (exact) mass is 985 g/mol. The van der Waals surface area contributed by atoms with Crippen LogP contribution in [0.1, 0.15) is 168 Å². The number of carboxylic acid groups (broad SMARTS) is 1. The molecule has 0 radical (unpaired) electrons. The van der Waals surface area contributed by atoms with Crippen LogP contribution in [0.3, 0.4) is 0 Å². The van der Waals surface area contributed by atoms with Crippen molar-refractivity contribution in [3.05, 3.63) is 146 Å². The van der Waals surface area contributed by atoms with Crippen LogP contribution >= 0.6 is 0 Å². The van der Waals surface area contributed by atoms with Crippen molar-refractivity contribution in [2.45, 2.75) is 180 Å². The number of quaternary nitrogens is 1. The van der Waals surface area contributed by atoms with Crippen molar-refractivity contribution in [1.82, 2.24) is 0 Å². The number of aliphatic carboxylic acids is 1. The highest BCUT2D eigenvalue weighted by Gasteiger charge is 2.25. The van der Waals surface area contributed by atoms with Gasteiger partial charge in [0.15, 0.2) is 6.10 Å². The maximum atomic E-state index is 12.8. The van der Waals surface area contributed by atoms with Crippen LogP contribution in [0.2, 0.25) is 0 Å². The molecule has 0 fully saturated rings. The van der Waals surface area contributed by atoms with Gasteiger partial charge in [-0.05, 0) is 103 Å². The minimum absolute atomic E-state index is 0.172. The number of nitrogens with zero attached hydrogens (tertiary/aromatic N) is 1. The van der Waals surface area contributed by atoms with Crippen molar-refractivity contribution in [2.75, 3.05) is 47.5 Å². The summed E-state index contributed by atoms with van der Waals surface area (Å²) in [5.74, 6) is -2.10. The predicted molar refractivity (Wildman–Crippen MR) is 299 cm³/mol. The lowest BCUT2D eigenvalue weighted by atomic mass is 10.1. The van der Waals surface area contributed by atoms with Gasteiger partial charge < -0.3 is 28.5 Å². The Kier molecular flexibility index (Phi) is 48.0. The molecule has 71 heavy (non-hydrogen) atoms. The van der Waals surface area contributed by atoms with Crippen molar-refractivity contribution < 1.29 is 42.9 Å². The number of ether oxygens (including phenoxy) is 4. The number of hydrogen-bond acceptors (Lipinski definition) is 7. The lowest BCUT2D eigenvalue weighted by molar-refractivity contribution is -0.870. The SMILES string of the molecule is CC/C=C\C/C=C\C/C=C\C/C=C\C/C=C\C/C=C\C/C=C\C/C=C\C/C=C\C/C=C\C/C=C\C/C=C\CCCCC(=O)OC(COC(=O)CCCCCCCCC)COC(OCC[N+](C)(C)C)C(=O)O. The molecule has 0 amide bonds. The molecule has 0 aliphatic heterocycles. The van der Waals surface area contributed by atoms with E-state index in [0.29, 0.717) is 17.4 Å². The number of likely N-dealkylation sites (N-methyl/N-ethyl adjacent to an activating group) is 1. The van der Waals surface area contributed by atoms with E-state index >= 15 is 0 Å². The fraction of sp³-hybridized carbons (Fsp3) is 0.565. The third-order valence-corrected chi connectivity index (χ3v) is 10.6. The Bertz CT molecular complexity index is 1670. The van der Waals surface area contributed by atoms with E-state index in [4.69, 9.17) is 18.9 Å². The van der Waals surface area contributed by atoms with Crippen LogP contribution in [-0.4, -0.2) is 87.4 Å². The van der Waals surface area contributed by atoms with Gasteiger partial charge in [-0.1, -0.05) is 198 Å². The van der Waals surface area contributed by atoms with Gasteiger partial charge in [0.2, 0.25) is 0 Å².